The molecule has 2 aliphatic rings. The molecule has 1 N–H and O–H groups in total. The first-order chi connectivity index (χ1) is 8.89. The lowest BCUT2D eigenvalue weighted by molar-refractivity contribution is 0.145. The second-order valence-electron chi connectivity index (χ2n) is 8.67. The van der Waals surface area contributed by atoms with Gasteiger partial charge in [0, 0.05) is 12.6 Å². The SMILES string of the molecule is CC1(CNC2CCC(C(C)(C)C)CC2)CCCCC1. The highest BCUT2D eigenvalue weighted by Crippen LogP contribution is 2.39. The Hall–Kier alpha value is -0.0400. The molecule has 0 amide bonds. The summed E-state index contributed by atoms with van der Waals surface area (Å²) >= 11 is 0. The minimum Gasteiger partial charge on any atom is -0.313 e. The van der Waals surface area contributed by atoms with Crippen LogP contribution in [-0.4, -0.2) is 12.6 Å². The predicted octanol–water partition coefficient (Wildman–Crippen LogP) is 5.15. The van der Waals surface area contributed by atoms with E-state index in [2.05, 4.69) is 33.0 Å². The maximum Gasteiger partial charge on any atom is 0.00675 e. The third-order valence-corrected chi connectivity index (χ3v) is 5.83. The smallest absolute Gasteiger partial charge is 0.00675 e. The van der Waals surface area contributed by atoms with E-state index in [1.165, 1.54) is 64.3 Å². The van der Waals surface area contributed by atoms with Gasteiger partial charge in [-0.1, -0.05) is 47.0 Å². The Morgan fingerprint density at radius 1 is 0.947 bits per heavy atom. The molecule has 1 nitrogen and oxygen atoms in total. The van der Waals surface area contributed by atoms with E-state index in [4.69, 9.17) is 0 Å². The summed E-state index contributed by atoms with van der Waals surface area (Å²) in [5.74, 6) is 0.941. The third kappa shape index (κ3) is 4.48. The molecule has 0 aromatic heterocycles. The monoisotopic (exact) mass is 265 g/mol. The van der Waals surface area contributed by atoms with Gasteiger partial charge in [-0.25, -0.2) is 0 Å². The summed E-state index contributed by atoms with van der Waals surface area (Å²) in [6, 6.07) is 0.803. The van der Waals surface area contributed by atoms with Gasteiger partial charge in [0.15, 0.2) is 0 Å². The van der Waals surface area contributed by atoms with Crippen molar-refractivity contribution in [3.8, 4) is 0 Å². The van der Waals surface area contributed by atoms with Gasteiger partial charge < -0.3 is 5.32 Å². The van der Waals surface area contributed by atoms with Gasteiger partial charge in [0.25, 0.3) is 0 Å². The number of hydrogen-bond donors (Lipinski definition) is 1. The average Bonchev–Trinajstić information content (AvgIpc) is 2.37. The third-order valence-electron chi connectivity index (χ3n) is 5.83. The van der Waals surface area contributed by atoms with Gasteiger partial charge in [0.1, 0.15) is 0 Å². The molecule has 1 heteroatoms. The minimum atomic E-state index is 0.514. The Labute approximate surface area is 120 Å². The first kappa shape index (κ1) is 15.4. The van der Waals surface area contributed by atoms with E-state index in [1.54, 1.807) is 0 Å². The molecule has 0 bridgehead atoms. The zero-order valence-corrected chi connectivity index (χ0v) is 13.7. The maximum atomic E-state index is 3.90. The fourth-order valence-corrected chi connectivity index (χ4v) is 4.14. The second-order valence-corrected chi connectivity index (χ2v) is 8.67. The van der Waals surface area contributed by atoms with Crippen molar-refractivity contribution in [2.24, 2.45) is 16.7 Å². The van der Waals surface area contributed by atoms with Gasteiger partial charge in [-0.2, -0.15) is 0 Å². The van der Waals surface area contributed by atoms with Crippen molar-refractivity contribution in [3.05, 3.63) is 0 Å². The highest BCUT2D eigenvalue weighted by Gasteiger charge is 2.31. The largest absolute Gasteiger partial charge is 0.313 e. The van der Waals surface area contributed by atoms with Crippen molar-refractivity contribution in [3.63, 3.8) is 0 Å². The van der Waals surface area contributed by atoms with Crippen LogP contribution >= 0.6 is 0 Å². The maximum absolute atomic E-state index is 3.90. The number of rotatable bonds is 3. The van der Waals surface area contributed by atoms with Crippen LogP contribution in [0.5, 0.6) is 0 Å². The van der Waals surface area contributed by atoms with Crippen LogP contribution < -0.4 is 5.32 Å². The summed E-state index contributed by atoms with van der Waals surface area (Å²) in [7, 11) is 0. The van der Waals surface area contributed by atoms with Crippen molar-refractivity contribution in [2.45, 2.75) is 91.5 Å². The molecule has 0 aliphatic heterocycles. The Bertz CT molecular complexity index is 262. The molecule has 0 saturated heterocycles. The summed E-state index contributed by atoms with van der Waals surface area (Å²) in [6.45, 7) is 11.0. The summed E-state index contributed by atoms with van der Waals surface area (Å²) < 4.78 is 0. The van der Waals surface area contributed by atoms with Crippen molar-refractivity contribution < 1.29 is 0 Å². The fraction of sp³-hybridized carbons (Fsp3) is 1.00. The molecule has 0 radical (unpaired) electrons. The Kier molecular flexibility index (Phi) is 4.98. The van der Waals surface area contributed by atoms with Crippen LogP contribution in [0.2, 0.25) is 0 Å². The topological polar surface area (TPSA) is 12.0 Å². The van der Waals surface area contributed by atoms with Crippen molar-refractivity contribution >= 4 is 0 Å². The van der Waals surface area contributed by atoms with E-state index in [0.717, 1.165) is 12.0 Å². The van der Waals surface area contributed by atoms with Crippen LogP contribution in [0.25, 0.3) is 0 Å². The molecule has 2 fully saturated rings. The van der Waals surface area contributed by atoms with E-state index < -0.39 is 0 Å². The molecule has 2 saturated carbocycles. The molecule has 112 valence electrons. The van der Waals surface area contributed by atoms with E-state index in [1.807, 2.05) is 0 Å². The molecule has 0 unspecified atom stereocenters. The number of nitrogens with one attached hydrogen (secondary N) is 1. The molecule has 0 atom stereocenters. The van der Waals surface area contributed by atoms with Crippen LogP contribution in [0.1, 0.15) is 85.5 Å². The van der Waals surface area contributed by atoms with Gasteiger partial charge in [-0.05, 0) is 55.3 Å². The van der Waals surface area contributed by atoms with E-state index in [-0.39, 0.29) is 0 Å². The molecule has 0 aromatic carbocycles. The quantitative estimate of drug-likeness (QED) is 0.744. The van der Waals surface area contributed by atoms with Gasteiger partial charge in [-0.15, -0.1) is 0 Å². The molecule has 19 heavy (non-hydrogen) atoms. The summed E-state index contributed by atoms with van der Waals surface area (Å²) in [4.78, 5) is 0. The first-order valence-corrected chi connectivity index (χ1v) is 8.62. The first-order valence-electron chi connectivity index (χ1n) is 8.62. The molecule has 0 aromatic rings. The summed E-state index contributed by atoms with van der Waals surface area (Å²) in [6.07, 6.45) is 12.9. The molecule has 2 rings (SSSR count). The number of hydrogen-bond acceptors (Lipinski definition) is 1. The van der Waals surface area contributed by atoms with Crippen LogP contribution in [0.15, 0.2) is 0 Å². The van der Waals surface area contributed by atoms with Crippen molar-refractivity contribution in [2.75, 3.05) is 6.54 Å². The van der Waals surface area contributed by atoms with Crippen molar-refractivity contribution in [1.82, 2.24) is 5.32 Å². The highest BCUT2D eigenvalue weighted by atomic mass is 14.9. The standard InChI is InChI=1S/C18H35N/c1-17(2,3)15-8-10-16(11-9-15)19-14-18(4)12-6-5-7-13-18/h15-16,19H,5-14H2,1-4H3. The van der Waals surface area contributed by atoms with Gasteiger partial charge in [0.2, 0.25) is 0 Å². The van der Waals surface area contributed by atoms with Gasteiger partial charge >= 0.3 is 0 Å². The lowest BCUT2D eigenvalue weighted by Gasteiger charge is -2.39. The molecular weight excluding hydrogens is 230 g/mol. The van der Waals surface area contributed by atoms with E-state index >= 15 is 0 Å². The van der Waals surface area contributed by atoms with Crippen LogP contribution in [0.4, 0.5) is 0 Å². The lowest BCUT2D eigenvalue weighted by Crippen LogP contribution is -2.42. The zero-order chi connectivity index (χ0) is 13.9. The fourth-order valence-electron chi connectivity index (χ4n) is 4.14. The molecular formula is C18H35N. The van der Waals surface area contributed by atoms with Gasteiger partial charge in [0.05, 0.1) is 0 Å². The second kappa shape index (κ2) is 6.16. The van der Waals surface area contributed by atoms with E-state index in [0.29, 0.717) is 10.8 Å². The predicted molar refractivity (Wildman–Crippen MR) is 84.4 cm³/mol. The van der Waals surface area contributed by atoms with Gasteiger partial charge in [-0.3, -0.25) is 0 Å². The van der Waals surface area contributed by atoms with Crippen molar-refractivity contribution in [1.29, 1.82) is 0 Å². The van der Waals surface area contributed by atoms with E-state index in [9.17, 15) is 0 Å². The Morgan fingerprint density at radius 3 is 2.05 bits per heavy atom. The Balaban J connectivity index is 1.71. The zero-order valence-electron chi connectivity index (χ0n) is 13.7. The normalized spacial score (nSPS) is 32.2. The molecule has 0 heterocycles. The molecule has 2 aliphatic carbocycles. The lowest BCUT2D eigenvalue weighted by atomic mass is 9.71. The highest BCUT2D eigenvalue weighted by molar-refractivity contribution is 4.86. The summed E-state index contributed by atoms with van der Waals surface area (Å²) in [5.41, 5.74) is 1.11. The minimum absolute atomic E-state index is 0.514. The molecule has 0 spiro atoms. The average molecular weight is 265 g/mol. The van der Waals surface area contributed by atoms with Crippen LogP contribution in [0.3, 0.4) is 0 Å². The van der Waals surface area contributed by atoms with Crippen LogP contribution in [-0.2, 0) is 0 Å². The van der Waals surface area contributed by atoms with Crippen LogP contribution in [0, 0.1) is 16.7 Å². The summed E-state index contributed by atoms with van der Waals surface area (Å²) in [5, 5.41) is 3.90. The Morgan fingerprint density at radius 2 is 1.53 bits per heavy atom.